The van der Waals surface area contributed by atoms with Crippen molar-refractivity contribution in [3.05, 3.63) is 0 Å². The van der Waals surface area contributed by atoms with E-state index in [1.807, 2.05) is 18.7 Å². The van der Waals surface area contributed by atoms with Crippen molar-refractivity contribution in [1.82, 2.24) is 5.32 Å². The molecule has 1 rings (SSSR count). The van der Waals surface area contributed by atoms with E-state index >= 15 is 0 Å². The smallest absolute Gasteiger partial charge is 0.226 e. The molecule has 0 aromatic rings. The van der Waals surface area contributed by atoms with Crippen LogP contribution in [0, 0.1) is 5.41 Å². The normalized spacial score (nSPS) is 32.2. The van der Waals surface area contributed by atoms with Crippen molar-refractivity contribution in [2.24, 2.45) is 5.41 Å². The second-order valence-corrected chi connectivity index (χ2v) is 4.05. The summed E-state index contributed by atoms with van der Waals surface area (Å²) in [5, 5.41) is 2.70. The lowest BCUT2D eigenvalue weighted by Crippen LogP contribution is -2.36. The van der Waals surface area contributed by atoms with Crippen molar-refractivity contribution in [2.75, 3.05) is 18.6 Å². The van der Waals surface area contributed by atoms with Gasteiger partial charge in [0.15, 0.2) is 0 Å². The summed E-state index contributed by atoms with van der Waals surface area (Å²) in [4.78, 5) is 11.2. The molecule has 1 fully saturated rings. The summed E-state index contributed by atoms with van der Waals surface area (Å²) < 4.78 is 0. The maximum absolute atomic E-state index is 11.2. The van der Waals surface area contributed by atoms with Crippen molar-refractivity contribution in [3.63, 3.8) is 0 Å². The van der Waals surface area contributed by atoms with Crippen molar-refractivity contribution in [3.8, 4) is 0 Å². The Morgan fingerprint density at radius 2 is 2.40 bits per heavy atom. The van der Waals surface area contributed by atoms with Gasteiger partial charge in [0.1, 0.15) is 0 Å². The monoisotopic (exact) mass is 159 g/mol. The standard InChI is InChI=1S/C7H13NOS/c1-7(6(9)8-2)3-4-10-5-7/h3-5H2,1-2H3,(H,8,9). The minimum atomic E-state index is -0.0839. The van der Waals surface area contributed by atoms with E-state index in [0.717, 1.165) is 17.9 Å². The molecule has 0 radical (unpaired) electrons. The zero-order valence-corrected chi connectivity index (χ0v) is 7.25. The maximum Gasteiger partial charge on any atom is 0.226 e. The predicted molar refractivity (Wildman–Crippen MR) is 44.1 cm³/mol. The van der Waals surface area contributed by atoms with Gasteiger partial charge < -0.3 is 5.32 Å². The van der Waals surface area contributed by atoms with Crippen LogP contribution >= 0.6 is 11.8 Å². The summed E-state index contributed by atoms with van der Waals surface area (Å²) >= 11 is 1.86. The Morgan fingerprint density at radius 1 is 1.70 bits per heavy atom. The van der Waals surface area contributed by atoms with Crippen LogP contribution in [0.15, 0.2) is 0 Å². The highest BCUT2D eigenvalue weighted by atomic mass is 32.2. The average Bonchev–Trinajstić information content (AvgIpc) is 2.36. The Balaban J connectivity index is 2.58. The summed E-state index contributed by atoms with van der Waals surface area (Å²) in [6.45, 7) is 2.03. The summed E-state index contributed by atoms with van der Waals surface area (Å²) in [6.07, 6.45) is 1.03. The number of nitrogens with one attached hydrogen (secondary N) is 1. The Morgan fingerprint density at radius 3 is 2.80 bits per heavy atom. The van der Waals surface area contributed by atoms with Gasteiger partial charge in [-0.3, -0.25) is 4.79 Å². The second-order valence-electron chi connectivity index (χ2n) is 2.94. The first kappa shape index (κ1) is 7.92. The lowest BCUT2D eigenvalue weighted by atomic mass is 9.89. The number of carbonyl (C=O) groups excluding carboxylic acids is 1. The molecule has 0 saturated carbocycles. The van der Waals surface area contributed by atoms with Crippen LogP contribution in [0.1, 0.15) is 13.3 Å². The fourth-order valence-corrected chi connectivity index (χ4v) is 2.61. The third kappa shape index (κ3) is 1.29. The van der Waals surface area contributed by atoms with Crippen LogP contribution in [0.4, 0.5) is 0 Å². The van der Waals surface area contributed by atoms with Gasteiger partial charge in [0.05, 0.1) is 5.41 Å². The molecule has 3 heteroatoms. The molecular weight excluding hydrogens is 146 g/mol. The maximum atomic E-state index is 11.2. The van der Waals surface area contributed by atoms with Crippen LogP contribution in [-0.4, -0.2) is 24.5 Å². The minimum absolute atomic E-state index is 0.0839. The van der Waals surface area contributed by atoms with E-state index in [1.54, 1.807) is 7.05 Å². The molecule has 2 nitrogen and oxygen atoms in total. The first-order chi connectivity index (χ1) is 4.69. The molecule has 0 aromatic carbocycles. The number of thioether (sulfide) groups is 1. The van der Waals surface area contributed by atoms with E-state index < -0.39 is 0 Å². The van der Waals surface area contributed by atoms with E-state index in [4.69, 9.17) is 0 Å². The Labute approximate surface area is 65.8 Å². The van der Waals surface area contributed by atoms with Gasteiger partial charge in [0, 0.05) is 12.8 Å². The van der Waals surface area contributed by atoms with Crippen LogP contribution in [0.2, 0.25) is 0 Å². The van der Waals surface area contributed by atoms with Crippen molar-refractivity contribution in [1.29, 1.82) is 0 Å². The molecule has 1 aliphatic heterocycles. The SMILES string of the molecule is CNC(=O)C1(C)CCSC1. The van der Waals surface area contributed by atoms with Crippen LogP contribution in [-0.2, 0) is 4.79 Å². The van der Waals surface area contributed by atoms with Gasteiger partial charge in [-0.05, 0) is 19.1 Å². The molecule has 1 aliphatic rings. The van der Waals surface area contributed by atoms with Crippen LogP contribution in [0.5, 0.6) is 0 Å². The zero-order chi connectivity index (χ0) is 7.61. The molecule has 1 unspecified atom stereocenters. The van der Waals surface area contributed by atoms with Crippen molar-refractivity contribution >= 4 is 17.7 Å². The molecule has 1 heterocycles. The summed E-state index contributed by atoms with van der Waals surface area (Å²) in [5.74, 6) is 2.30. The van der Waals surface area contributed by atoms with Gasteiger partial charge in [0.2, 0.25) is 5.91 Å². The first-order valence-electron chi connectivity index (χ1n) is 3.49. The van der Waals surface area contributed by atoms with Crippen molar-refractivity contribution in [2.45, 2.75) is 13.3 Å². The topological polar surface area (TPSA) is 29.1 Å². The average molecular weight is 159 g/mol. The van der Waals surface area contributed by atoms with Crippen molar-refractivity contribution < 1.29 is 4.79 Å². The number of carbonyl (C=O) groups is 1. The molecule has 0 aliphatic carbocycles. The third-order valence-corrected chi connectivity index (χ3v) is 3.33. The van der Waals surface area contributed by atoms with Gasteiger partial charge in [0.25, 0.3) is 0 Å². The van der Waals surface area contributed by atoms with Crippen LogP contribution in [0.3, 0.4) is 0 Å². The van der Waals surface area contributed by atoms with Gasteiger partial charge in [-0.15, -0.1) is 0 Å². The number of amides is 1. The van der Waals surface area contributed by atoms with Gasteiger partial charge in [-0.25, -0.2) is 0 Å². The Kier molecular flexibility index (Phi) is 2.24. The Bertz CT molecular complexity index is 141. The molecule has 58 valence electrons. The molecule has 10 heavy (non-hydrogen) atoms. The fraction of sp³-hybridized carbons (Fsp3) is 0.857. The molecule has 0 spiro atoms. The fourth-order valence-electron chi connectivity index (χ4n) is 1.15. The molecular formula is C7H13NOS. The van der Waals surface area contributed by atoms with Crippen LogP contribution < -0.4 is 5.32 Å². The highest BCUT2D eigenvalue weighted by molar-refractivity contribution is 7.99. The van der Waals surface area contributed by atoms with E-state index in [2.05, 4.69) is 5.32 Å². The molecule has 1 N–H and O–H groups in total. The predicted octanol–water partition coefficient (Wildman–Crippen LogP) is 0.876. The quantitative estimate of drug-likeness (QED) is 0.615. The number of hydrogen-bond donors (Lipinski definition) is 1. The highest BCUT2D eigenvalue weighted by Crippen LogP contribution is 2.35. The van der Waals surface area contributed by atoms with Gasteiger partial charge in [-0.1, -0.05) is 0 Å². The number of hydrogen-bond acceptors (Lipinski definition) is 2. The highest BCUT2D eigenvalue weighted by Gasteiger charge is 2.35. The lowest BCUT2D eigenvalue weighted by Gasteiger charge is -2.19. The van der Waals surface area contributed by atoms with Crippen LogP contribution in [0.25, 0.3) is 0 Å². The summed E-state index contributed by atoms with van der Waals surface area (Å²) in [5.41, 5.74) is -0.0839. The van der Waals surface area contributed by atoms with Gasteiger partial charge >= 0.3 is 0 Å². The molecule has 1 saturated heterocycles. The largest absolute Gasteiger partial charge is 0.359 e. The van der Waals surface area contributed by atoms with E-state index in [1.165, 1.54) is 0 Å². The summed E-state index contributed by atoms with van der Waals surface area (Å²) in [6, 6.07) is 0. The van der Waals surface area contributed by atoms with E-state index in [-0.39, 0.29) is 11.3 Å². The first-order valence-corrected chi connectivity index (χ1v) is 4.64. The minimum Gasteiger partial charge on any atom is -0.359 e. The Hall–Kier alpha value is -0.180. The zero-order valence-electron chi connectivity index (χ0n) is 6.44. The third-order valence-electron chi connectivity index (χ3n) is 1.99. The number of rotatable bonds is 1. The molecule has 1 amide bonds. The van der Waals surface area contributed by atoms with E-state index in [0.29, 0.717) is 0 Å². The molecule has 0 bridgehead atoms. The van der Waals surface area contributed by atoms with E-state index in [9.17, 15) is 4.79 Å². The molecule has 0 aromatic heterocycles. The summed E-state index contributed by atoms with van der Waals surface area (Å²) in [7, 11) is 1.70. The van der Waals surface area contributed by atoms with Gasteiger partial charge in [-0.2, -0.15) is 11.8 Å². The second kappa shape index (κ2) is 2.82. The lowest BCUT2D eigenvalue weighted by molar-refractivity contribution is -0.128. The molecule has 1 atom stereocenters.